The smallest absolute Gasteiger partial charge is 0.274 e. The van der Waals surface area contributed by atoms with Crippen molar-refractivity contribution in [3.63, 3.8) is 0 Å². The summed E-state index contributed by atoms with van der Waals surface area (Å²) in [5, 5.41) is 22.3. The summed E-state index contributed by atoms with van der Waals surface area (Å²) in [5.41, 5.74) is -0.719. The molecule has 0 fully saturated rings. The molecule has 0 amide bonds. The number of nitro benzene ring substituents is 1. The van der Waals surface area contributed by atoms with Crippen molar-refractivity contribution in [2.75, 3.05) is 11.9 Å². The van der Waals surface area contributed by atoms with Crippen LogP contribution in [0.5, 0.6) is 0 Å². The fraction of sp³-hybridized carbons (Fsp3) is 0.400. The number of rotatable bonds is 4. The van der Waals surface area contributed by atoms with Crippen LogP contribution in [0.1, 0.15) is 13.8 Å². The third-order valence-electron chi connectivity index (χ3n) is 1.97. The Morgan fingerprint density at radius 1 is 1.50 bits per heavy atom. The van der Waals surface area contributed by atoms with E-state index in [0.29, 0.717) is 0 Å². The minimum Gasteiger partial charge on any atom is -0.394 e. The van der Waals surface area contributed by atoms with Gasteiger partial charge >= 0.3 is 0 Å². The second kappa shape index (κ2) is 4.44. The lowest BCUT2D eigenvalue weighted by Gasteiger charge is -2.24. The summed E-state index contributed by atoms with van der Waals surface area (Å²) in [4.78, 5) is 9.84. The van der Waals surface area contributed by atoms with Crippen molar-refractivity contribution >= 4 is 11.4 Å². The van der Waals surface area contributed by atoms with Crippen molar-refractivity contribution in [2.45, 2.75) is 19.4 Å². The Kier molecular flexibility index (Phi) is 3.44. The zero-order valence-electron chi connectivity index (χ0n) is 9.03. The number of aliphatic hydroxyl groups is 1. The van der Waals surface area contributed by atoms with Crippen molar-refractivity contribution in [1.29, 1.82) is 0 Å². The second-order valence-electron chi connectivity index (χ2n) is 4.12. The van der Waals surface area contributed by atoms with E-state index in [2.05, 4.69) is 5.32 Å². The third-order valence-corrected chi connectivity index (χ3v) is 1.97. The number of halogens is 1. The largest absolute Gasteiger partial charge is 0.394 e. The van der Waals surface area contributed by atoms with Gasteiger partial charge in [-0.25, -0.2) is 4.39 Å². The lowest BCUT2D eigenvalue weighted by molar-refractivity contribution is -0.385. The average Bonchev–Trinajstić information content (AvgIpc) is 2.16. The summed E-state index contributed by atoms with van der Waals surface area (Å²) in [7, 11) is 0. The lowest BCUT2D eigenvalue weighted by Crippen LogP contribution is -2.34. The molecule has 0 radical (unpaired) electrons. The van der Waals surface area contributed by atoms with Gasteiger partial charge in [-0.05, 0) is 19.9 Å². The van der Waals surface area contributed by atoms with E-state index >= 15 is 0 Å². The molecule has 0 saturated carbocycles. The maximum atomic E-state index is 13.1. The number of non-ortho nitro benzene ring substituents is 1. The molecule has 1 aromatic rings. The SMILES string of the molecule is CC(C)(CO)Nc1cc(F)cc([N+](=O)[O-])c1. The van der Waals surface area contributed by atoms with E-state index in [1.165, 1.54) is 6.07 Å². The van der Waals surface area contributed by atoms with E-state index in [9.17, 15) is 14.5 Å². The van der Waals surface area contributed by atoms with E-state index < -0.39 is 16.3 Å². The Morgan fingerprint density at radius 3 is 2.62 bits per heavy atom. The van der Waals surface area contributed by atoms with Crippen molar-refractivity contribution < 1.29 is 14.4 Å². The van der Waals surface area contributed by atoms with Gasteiger partial charge in [-0.3, -0.25) is 10.1 Å². The zero-order valence-corrected chi connectivity index (χ0v) is 9.03. The number of anilines is 1. The Labute approximate surface area is 92.1 Å². The highest BCUT2D eigenvalue weighted by Gasteiger charge is 2.18. The summed E-state index contributed by atoms with van der Waals surface area (Å²) < 4.78 is 13.1. The Hall–Kier alpha value is -1.69. The molecule has 0 saturated heterocycles. The predicted octanol–water partition coefficient (Wildman–Crippen LogP) is 1.92. The van der Waals surface area contributed by atoms with E-state index in [1.54, 1.807) is 13.8 Å². The normalized spacial score (nSPS) is 11.2. The van der Waals surface area contributed by atoms with Gasteiger partial charge in [0.25, 0.3) is 5.69 Å². The first-order chi connectivity index (χ1) is 7.34. The number of nitrogens with zero attached hydrogens (tertiary/aromatic N) is 1. The maximum Gasteiger partial charge on any atom is 0.274 e. The summed E-state index contributed by atoms with van der Waals surface area (Å²) in [6.45, 7) is 3.23. The van der Waals surface area contributed by atoms with Gasteiger partial charge in [0.05, 0.1) is 23.1 Å². The number of benzene rings is 1. The van der Waals surface area contributed by atoms with E-state index in [1.807, 2.05) is 0 Å². The molecule has 88 valence electrons. The highest BCUT2D eigenvalue weighted by atomic mass is 19.1. The Balaban J connectivity index is 3.01. The van der Waals surface area contributed by atoms with Crippen LogP contribution in [-0.2, 0) is 0 Å². The molecular formula is C10H13FN2O3. The first-order valence-corrected chi connectivity index (χ1v) is 4.68. The number of hydrogen-bond donors (Lipinski definition) is 2. The first kappa shape index (κ1) is 12.4. The van der Waals surface area contributed by atoms with Crippen molar-refractivity contribution in [3.8, 4) is 0 Å². The van der Waals surface area contributed by atoms with Crippen LogP contribution < -0.4 is 5.32 Å². The van der Waals surface area contributed by atoms with Crippen molar-refractivity contribution in [2.24, 2.45) is 0 Å². The van der Waals surface area contributed by atoms with Crippen LogP contribution in [0.15, 0.2) is 18.2 Å². The summed E-state index contributed by atoms with van der Waals surface area (Å²) in [6, 6.07) is 3.21. The molecule has 6 heteroatoms. The summed E-state index contributed by atoms with van der Waals surface area (Å²) in [5.74, 6) is -0.689. The zero-order chi connectivity index (χ0) is 12.3. The molecular weight excluding hydrogens is 215 g/mol. The van der Waals surface area contributed by atoms with Gasteiger partial charge < -0.3 is 10.4 Å². The highest BCUT2D eigenvalue weighted by Crippen LogP contribution is 2.22. The molecule has 0 aliphatic carbocycles. The van der Waals surface area contributed by atoms with Crippen LogP contribution in [-0.4, -0.2) is 22.2 Å². The molecule has 0 spiro atoms. The van der Waals surface area contributed by atoms with E-state index in [4.69, 9.17) is 5.11 Å². The van der Waals surface area contributed by atoms with Gasteiger partial charge in [0, 0.05) is 11.8 Å². The van der Waals surface area contributed by atoms with Crippen LogP contribution in [0.4, 0.5) is 15.8 Å². The molecule has 0 unspecified atom stereocenters. The van der Waals surface area contributed by atoms with Crippen LogP contribution in [0.2, 0.25) is 0 Å². The number of nitrogens with one attached hydrogen (secondary N) is 1. The van der Waals surface area contributed by atoms with Crippen LogP contribution in [0.3, 0.4) is 0 Å². The van der Waals surface area contributed by atoms with Crippen molar-refractivity contribution in [3.05, 3.63) is 34.1 Å². The maximum absolute atomic E-state index is 13.1. The molecule has 0 atom stereocenters. The number of hydrogen-bond acceptors (Lipinski definition) is 4. The van der Waals surface area contributed by atoms with E-state index in [-0.39, 0.29) is 18.0 Å². The van der Waals surface area contributed by atoms with Gasteiger partial charge in [0.1, 0.15) is 5.82 Å². The summed E-state index contributed by atoms with van der Waals surface area (Å²) in [6.07, 6.45) is 0. The minimum absolute atomic E-state index is 0.169. The Morgan fingerprint density at radius 2 is 2.12 bits per heavy atom. The van der Waals surface area contributed by atoms with Gasteiger partial charge in [-0.2, -0.15) is 0 Å². The molecule has 0 heterocycles. The monoisotopic (exact) mass is 228 g/mol. The first-order valence-electron chi connectivity index (χ1n) is 4.68. The van der Waals surface area contributed by atoms with Gasteiger partial charge in [-0.15, -0.1) is 0 Å². The molecule has 16 heavy (non-hydrogen) atoms. The molecule has 1 aromatic carbocycles. The third kappa shape index (κ3) is 3.16. The Bertz CT molecular complexity index is 407. The van der Waals surface area contributed by atoms with Crippen LogP contribution in [0, 0.1) is 15.9 Å². The average molecular weight is 228 g/mol. The van der Waals surface area contributed by atoms with Crippen LogP contribution in [0.25, 0.3) is 0 Å². The molecule has 0 aliphatic rings. The van der Waals surface area contributed by atoms with Crippen LogP contribution >= 0.6 is 0 Å². The highest BCUT2D eigenvalue weighted by molar-refractivity contribution is 5.52. The molecule has 0 aliphatic heterocycles. The fourth-order valence-corrected chi connectivity index (χ4v) is 1.18. The van der Waals surface area contributed by atoms with Crippen molar-refractivity contribution in [1.82, 2.24) is 0 Å². The molecule has 0 bridgehead atoms. The molecule has 1 rings (SSSR count). The van der Waals surface area contributed by atoms with E-state index in [0.717, 1.165) is 12.1 Å². The number of nitro groups is 1. The fourth-order valence-electron chi connectivity index (χ4n) is 1.18. The summed E-state index contributed by atoms with van der Waals surface area (Å²) >= 11 is 0. The van der Waals surface area contributed by atoms with Gasteiger partial charge in [0.15, 0.2) is 0 Å². The molecule has 2 N–H and O–H groups in total. The topological polar surface area (TPSA) is 75.4 Å². The minimum atomic E-state index is -0.689. The quantitative estimate of drug-likeness (QED) is 0.609. The lowest BCUT2D eigenvalue weighted by atomic mass is 10.1. The van der Waals surface area contributed by atoms with Gasteiger partial charge in [-0.1, -0.05) is 0 Å². The molecule has 5 nitrogen and oxygen atoms in total. The van der Waals surface area contributed by atoms with Gasteiger partial charge in [0.2, 0.25) is 0 Å². The number of aliphatic hydroxyl groups excluding tert-OH is 1. The standard InChI is InChI=1S/C10H13FN2O3/c1-10(2,6-14)12-8-3-7(11)4-9(5-8)13(15)16/h3-5,12,14H,6H2,1-2H3. The second-order valence-corrected chi connectivity index (χ2v) is 4.12. The molecule has 0 aromatic heterocycles. The predicted molar refractivity (Wildman–Crippen MR) is 57.8 cm³/mol.